The standard InChI is InChI=1S/C27H35N3/c1-5-8-20-16-25-21(15-19(20)6-2)13-14-30(7-3)27(25)12-9-22-18-29-26-11-10-23(28-4)17-24(22)26/h7,10-11,15-18,27-29H,3,5-6,8-9,12-14H2,1-2,4H3. The smallest absolute Gasteiger partial charge is 0.0542 e. The second-order valence-electron chi connectivity index (χ2n) is 8.47. The number of aryl methyl sites for hydroxylation is 3. The van der Waals surface area contributed by atoms with E-state index in [1.165, 1.54) is 40.4 Å². The molecule has 3 heteroatoms. The molecule has 0 bridgehead atoms. The Bertz CT molecular complexity index is 1030. The van der Waals surface area contributed by atoms with Crippen LogP contribution in [-0.2, 0) is 25.7 Å². The molecule has 0 aliphatic carbocycles. The van der Waals surface area contributed by atoms with Crippen LogP contribution in [0, 0.1) is 0 Å². The minimum absolute atomic E-state index is 0.408. The van der Waals surface area contributed by atoms with Gasteiger partial charge in [0.05, 0.1) is 6.04 Å². The number of H-pyrrole nitrogens is 1. The molecule has 4 rings (SSSR count). The number of benzene rings is 2. The van der Waals surface area contributed by atoms with Crippen LogP contribution in [0.3, 0.4) is 0 Å². The fraction of sp³-hybridized carbons (Fsp3) is 0.407. The molecule has 2 heterocycles. The molecule has 1 aliphatic rings. The molecule has 3 aromatic rings. The summed E-state index contributed by atoms with van der Waals surface area (Å²) in [5.41, 5.74) is 9.93. The molecule has 1 aliphatic heterocycles. The van der Waals surface area contributed by atoms with Crippen molar-refractivity contribution in [3.05, 3.63) is 77.1 Å². The second kappa shape index (κ2) is 8.99. The summed E-state index contributed by atoms with van der Waals surface area (Å²) in [7, 11) is 1.98. The number of nitrogens with zero attached hydrogens (tertiary/aromatic N) is 1. The number of aromatic nitrogens is 1. The Hall–Kier alpha value is -2.68. The molecular weight excluding hydrogens is 366 g/mol. The number of nitrogens with one attached hydrogen (secondary N) is 2. The monoisotopic (exact) mass is 401 g/mol. The molecule has 1 unspecified atom stereocenters. The normalized spacial score (nSPS) is 16.0. The molecule has 0 saturated carbocycles. The topological polar surface area (TPSA) is 31.1 Å². The number of rotatable bonds is 8. The van der Waals surface area contributed by atoms with Crippen molar-refractivity contribution in [2.24, 2.45) is 0 Å². The summed E-state index contributed by atoms with van der Waals surface area (Å²) in [5.74, 6) is 0. The van der Waals surface area contributed by atoms with Gasteiger partial charge in [-0.1, -0.05) is 39.0 Å². The van der Waals surface area contributed by atoms with E-state index >= 15 is 0 Å². The minimum atomic E-state index is 0.408. The van der Waals surface area contributed by atoms with Gasteiger partial charge in [0.25, 0.3) is 0 Å². The van der Waals surface area contributed by atoms with Gasteiger partial charge < -0.3 is 15.2 Å². The Labute approximate surface area is 181 Å². The van der Waals surface area contributed by atoms with Crippen molar-refractivity contribution >= 4 is 16.6 Å². The molecular formula is C27H35N3. The van der Waals surface area contributed by atoms with Crippen LogP contribution in [-0.4, -0.2) is 23.5 Å². The molecule has 1 atom stereocenters. The van der Waals surface area contributed by atoms with E-state index in [-0.39, 0.29) is 0 Å². The molecule has 0 fully saturated rings. The maximum absolute atomic E-state index is 4.13. The predicted molar refractivity (Wildman–Crippen MR) is 129 cm³/mol. The fourth-order valence-electron chi connectivity index (χ4n) is 5.07. The molecule has 0 amide bonds. The summed E-state index contributed by atoms with van der Waals surface area (Å²) in [6.45, 7) is 9.76. The van der Waals surface area contributed by atoms with Crippen LogP contribution in [0.15, 0.2) is 49.3 Å². The van der Waals surface area contributed by atoms with E-state index in [4.69, 9.17) is 0 Å². The molecule has 1 aromatic heterocycles. The van der Waals surface area contributed by atoms with Crippen molar-refractivity contribution in [2.45, 2.75) is 58.4 Å². The highest BCUT2D eigenvalue weighted by Gasteiger charge is 2.26. The molecule has 0 radical (unpaired) electrons. The first-order chi connectivity index (χ1) is 14.7. The zero-order valence-electron chi connectivity index (χ0n) is 18.7. The van der Waals surface area contributed by atoms with Gasteiger partial charge in [0.1, 0.15) is 0 Å². The minimum Gasteiger partial charge on any atom is -0.388 e. The van der Waals surface area contributed by atoms with E-state index in [2.05, 4.69) is 78.4 Å². The van der Waals surface area contributed by atoms with Crippen molar-refractivity contribution in [2.75, 3.05) is 18.9 Å². The quantitative estimate of drug-likeness (QED) is 0.457. The summed E-state index contributed by atoms with van der Waals surface area (Å²) in [5, 5.41) is 4.59. The van der Waals surface area contributed by atoms with Gasteiger partial charge in [-0.15, -0.1) is 0 Å². The molecule has 3 nitrogen and oxygen atoms in total. The van der Waals surface area contributed by atoms with Crippen LogP contribution in [0.1, 0.15) is 60.5 Å². The van der Waals surface area contributed by atoms with Gasteiger partial charge in [-0.05, 0) is 84.3 Å². The first-order valence-electron chi connectivity index (χ1n) is 11.5. The van der Waals surface area contributed by atoms with Crippen LogP contribution in [0.4, 0.5) is 5.69 Å². The van der Waals surface area contributed by atoms with Crippen molar-refractivity contribution in [3.63, 3.8) is 0 Å². The average Bonchev–Trinajstić information content (AvgIpc) is 3.19. The lowest BCUT2D eigenvalue weighted by Gasteiger charge is -2.37. The highest BCUT2D eigenvalue weighted by atomic mass is 15.1. The molecule has 2 aromatic carbocycles. The third-order valence-electron chi connectivity index (χ3n) is 6.74. The van der Waals surface area contributed by atoms with Gasteiger partial charge in [0.2, 0.25) is 0 Å². The van der Waals surface area contributed by atoms with E-state index in [9.17, 15) is 0 Å². The zero-order chi connectivity index (χ0) is 21.1. The second-order valence-corrected chi connectivity index (χ2v) is 8.47. The van der Waals surface area contributed by atoms with Gasteiger partial charge >= 0.3 is 0 Å². The number of fused-ring (bicyclic) bond motifs is 2. The van der Waals surface area contributed by atoms with Crippen molar-refractivity contribution in [1.82, 2.24) is 9.88 Å². The van der Waals surface area contributed by atoms with Gasteiger partial charge in [-0.25, -0.2) is 0 Å². The van der Waals surface area contributed by atoms with Crippen molar-refractivity contribution < 1.29 is 0 Å². The summed E-state index contributed by atoms with van der Waals surface area (Å²) >= 11 is 0. The Morgan fingerprint density at radius 3 is 2.73 bits per heavy atom. The van der Waals surface area contributed by atoms with Gasteiger partial charge in [-0.3, -0.25) is 0 Å². The molecule has 158 valence electrons. The number of aromatic amines is 1. The molecule has 0 spiro atoms. The van der Waals surface area contributed by atoms with Gasteiger partial charge in [0, 0.05) is 36.4 Å². The lowest BCUT2D eigenvalue weighted by Crippen LogP contribution is -2.32. The first kappa shape index (κ1) is 20.6. The van der Waals surface area contributed by atoms with E-state index < -0.39 is 0 Å². The highest BCUT2D eigenvalue weighted by Crippen LogP contribution is 2.36. The summed E-state index contributed by atoms with van der Waals surface area (Å²) in [6, 6.07) is 12.0. The van der Waals surface area contributed by atoms with E-state index in [0.717, 1.165) is 37.9 Å². The molecule has 2 N–H and O–H groups in total. The Balaban J connectivity index is 1.65. The van der Waals surface area contributed by atoms with E-state index in [0.29, 0.717) is 6.04 Å². The lowest BCUT2D eigenvalue weighted by atomic mass is 9.85. The van der Waals surface area contributed by atoms with Crippen molar-refractivity contribution in [1.29, 1.82) is 0 Å². The van der Waals surface area contributed by atoms with Crippen LogP contribution in [0.5, 0.6) is 0 Å². The van der Waals surface area contributed by atoms with Crippen molar-refractivity contribution in [3.8, 4) is 0 Å². The predicted octanol–water partition coefficient (Wildman–Crippen LogP) is 6.40. The van der Waals surface area contributed by atoms with Gasteiger partial charge in [-0.2, -0.15) is 0 Å². The van der Waals surface area contributed by atoms with Crippen LogP contribution in [0.2, 0.25) is 0 Å². The average molecular weight is 402 g/mol. The Morgan fingerprint density at radius 2 is 2.00 bits per heavy atom. The number of hydrogen-bond acceptors (Lipinski definition) is 2. The Morgan fingerprint density at radius 1 is 1.13 bits per heavy atom. The maximum Gasteiger partial charge on any atom is 0.0542 e. The lowest BCUT2D eigenvalue weighted by molar-refractivity contribution is 0.252. The first-order valence-corrected chi connectivity index (χ1v) is 11.5. The molecule has 0 saturated heterocycles. The summed E-state index contributed by atoms with van der Waals surface area (Å²) < 4.78 is 0. The molecule has 30 heavy (non-hydrogen) atoms. The third-order valence-corrected chi connectivity index (χ3v) is 6.74. The third kappa shape index (κ3) is 3.86. The van der Waals surface area contributed by atoms with Crippen LogP contribution >= 0.6 is 0 Å². The zero-order valence-corrected chi connectivity index (χ0v) is 18.7. The van der Waals surface area contributed by atoms with Crippen LogP contribution < -0.4 is 5.32 Å². The van der Waals surface area contributed by atoms with E-state index in [1.807, 2.05) is 7.05 Å². The Kier molecular flexibility index (Phi) is 6.17. The number of anilines is 1. The maximum atomic E-state index is 4.13. The van der Waals surface area contributed by atoms with Crippen LogP contribution in [0.25, 0.3) is 10.9 Å². The fourth-order valence-corrected chi connectivity index (χ4v) is 5.07. The van der Waals surface area contributed by atoms with Gasteiger partial charge in [0.15, 0.2) is 0 Å². The highest BCUT2D eigenvalue weighted by molar-refractivity contribution is 5.86. The number of hydrogen-bond donors (Lipinski definition) is 2. The summed E-state index contributed by atoms with van der Waals surface area (Å²) in [4.78, 5) is 5.91. The summed E-state index contributed by atoms with van der Waals surface area (Å²) in [6.07, 6.45) is 11.0. The van der Waals surface area contributed by atoms with E-state index in [1.54, 1.807) is 11.1 Å². The SMILES string of the molecule is C=CN1CCc2cc(CC)c(CCC)cc2C1CCc1c[nH]c2ccc(NC)cc12. The largest absolute Gasteiger partial charge is 0.388 e.